The Morgan fingerprint density at radius 3 is 2.67 bits per heavy atom. The highest BCUT2D eigenvalue weighted by Gasteiger charge is 2.37. The maximum Gasteiger partial charge on any atom is 0.239 e. The molecule has 8 nitrogen and oxygen atoms in total. The van der Waals surface area contributed by atoms with E-state index in [0.717, 1.165) is 17.0 Å². The van der Waals surface area contributed by atoms with Gasteiger partial charge in [0.15, 0.2) is 5.82 Å². The number of methoxy groups -OCH3 is 1. The van der Waals surface area contributed by atoms with Crippen LogP contribution in [0.3, 0.4) is 0 Å². The summed E-state index contributed by atoms with van der Waals surface area (Å²) in [7, 11) is 1.60. The maximum absolute atomic E-state index is 12.7. The van der Waals surface area contributed by atoms with E-state index in [4.69, 9.17) is 16.3 Å². The lowest BCUT2D eigenvalue weighted by atomic mass is 10.1. The number of ether oxygens (including phenoxy) is 1. The van der Waals surface area contributed by atoms with Crippen LogP contribution in [0, 0.1) is 5.92 Å². The molecule has 30 heavy (non-hydrogen) atoms. The number of benzene rings is 2. The summed E-state index contributed by atoms with van der Waals surface area (Å²) in [6.45, 7) is 0.648. The number of nitrogens with zero attached hydrogens (tertiary/aromatic N) is 3. The highest BCUT2D eigenvalue weighted by atomic mass is 35.5. The van der Waals surface area contributed by atoms with Crippen molar-refractivity contribution in [3.05, 3.63) is 59.4 Å². The zero-order chi connectivity index (χ0) is 21.1. The summed E-state index contributed by atoms with van der Waals surface area (Å²) in [6, 6.07) is 14.4. The van der Waals surface area contributed by atoms with Crippen LogP contribution in [-0.2, 0) is 16.1 Å². The zero-order valence-electron chi connectivity index (χ0n) is 16.3. The van der Waals surface area contributed by atoms with Crippen molar-refractivity contribution in [1.29, 1.82) is 0 Å². The number of aromatic nitrogens is 3. The monoisotopic (exact) mass is 425 g/mol. The third-order valence-electron chi connectivity index (χ3n) is 4.97. The molecule has 1 unspecified atom stereocenters. The van der Waals surface area contributed by atoms with Gasteiger partial charge in [-0.05, 0) is 55.0 Å². The average molecular weight is 426 g/mol. The lowest BCUT2D eigenvalue weighted by Crippen LogP contribution is -2.36. The second-order valence-electron chi connectivity index (χ2n) is 6.86. The predicted octanol–water partition coefficient (Wildman–Crippen LogP) is 2.80. The first-order valence-electron chi connectivity index (χ1n) is 9.45. The summed E-state index contributed by atoms with van der Waals surface area (Å²) in [6.07, 6.45) is 0.459. The molecule has 1 saturated heterocycles. The molecule has 2 N–H and O–H groups in total. The Bertz CT molecular complexity index is 1050. The second-order valence-corrected chi connectivity index (χ2v) is 7.30. The molecule has 2 aromatic carbocycles. The molecular weight excluding hydrogens is 406 g/mol. The van der Waals surface area contributed by atoms with Crippen molar-refractivity contribution in [3.8, 4) is 17.1 Å². The fourth-order valence-electron chi connectivity index (χ4n) is 3.34. The van der Waals surface area contributed by atoms with Crippen LogP contribution in [0.5, 0.6) is 5.75 Å². The van der Waals surface area contributed by atoms with Gasteiger partial charge in [-0.25, -0.2) is 4.98 Å². The van der Waals surface area contributed by atoms with Crippen LogP contribution in [0.1, 0.15) is 12.2 Å². The van der Waals surface area contributed by atoms with Crippen molar-refractivity contribution < 1.29 is 14.3 Å². The third-order valence-corrected chi connectivity index (χ3v) is 5.22. The number of hydrogen-bond donors (Lipinski definition) is 2. The molecule has 3 aromatic rings. The summed E-state index contributed by atoms with van der Waals surface area (Å²) in [5, 5.41) is 10.4. The van der Waals surface area contributed by atoms with Crippen LogP contribution in [-0.4, -0.2) is 40.7 Å². The van der Waals surface area contributed by atoms with Gasteiger partial charge in [0.2, 0.25) is 11.8 Å². The van der Waals surface area contributed by atoms with Crippen LogP contribution in [0.2, 0.25) is 5.02 Å². The Kier molecular flexibility index (Phi) is 5.67. The number of rotatable bonds is 6. The molecule has 1 atom stereocenters. The van der Waals surface area contributed by atoms with Gasteiger partial charge in [-0.1, -0.05) is 11.6 Å². The fraction of sp³-hybridized carbons (Fsp3) is 0.238. The normalized spacial score (nSPS) is 16.0. The summed E-state index contributed by atoms with van der Waals surface area (Å²) in [5.74, 6) is 0.521. The number of hydrogen-bond acceptors (Lipinski definition) is 5. The number of anilines is 1. The van der Waals surface area contributed by atoms with Crippen molar-refractivity contribution in [2.24, 2.45) is 5.92 Å². The van der Waals surface area contributed by atoms with Gasteiger partial charge < -0.3 is 15.0 Å². The van der Waals surface area contributed by atoms with Crippen molar-refractivity contribution >= 4 is 29.1 Å². The quantitative estimate of drug-likeness (QED) is 0.591. The molecule has 2 amide bonds. The standard InChI is InChI=1S/C21H20ClN5O3/c1-30-16-8-2-13(3-9-16)19-24-18(25-26-19)12-23-20(28)17-10-11-27(21(17)29)15-6-4-14(22)5-7-15/h2-9,17H,10-12H2,1H3,(H,23,28)(H,24,25,26). The van der Waals surface area contributed by atoms with E-state index in [2.05, 4.69) is 20.5 Å². The number of amides is 2. The van der Waals surface area contributed by atoms with Crippen LogP contribution in [0.15, 0.2) is 48.5 Å². The maximum atomic E-state index is 12.7. The molecular formula is C21H20ClN5O3. The summed E-state index contributed by atoms with van der Waals surface area (Å²) in [5.41, 5.74) is 1.56. The van der Waals surface area contributed by atoms with Crippen LogP contribution < -0.4 is 15.0 Å². The summed E-state index contributed by atoms with van der Waals surface area (Å²) >= 11 is 5.90. The third kappa shape index (κ3) is 4.13. The lowest BCUT2D eigenvalue weighted by Gasteiger charge is -2.16. The Hall–Kier alpha value is -3.39. The molecule has 1 fully saturated rings. The minimum absolute atomic E-state index is 0.159. The van der Waals surface area contributed by atoms with Gasteiger partial charge in [-0.3, -0.25) is 14.7 Å². The Morgan fingerprint density at radius 1 is 1.23 bits per heavy atom. The van der Waals surface area contributed by atoms with Crippen LogP contribution in [0.25, 0.3) is 11.4 Å². The van der Waals surface area contributed by atoms with E-state index < -0.39 is 5.92 Å². The Balaban J connectivity index is 1.35. The van der Waals surface area contributed by atoms with Gasteiger partial charge in [0.1, 0.15) is 17.5 Å². The molecule has 0 spiro atoms. The van der Waals surface area contributed by atoms with Gasteiger partial charge in [0, 0.05) is 22.8 Å². The fourth-order valence-corrected chi connectivity index (χ4v) is 3.46. The van der Waals surface area contributed by atoms with Gasteiger partial charge in [0.05, 0.1) is 13.7 Å². The van der Waals surface area contributed by atoms with E-state index in [1.54, 1.807) is 36.3 Å². The lowest BCUT2D eigenvalue weighted by molar-refractivity contribution is -0.132. The second kappa shape index (κ2) is 8.54. The van der Waals surface area contributed by atoms with Gasteiger partial charge in [-0.2, -0.15) is 5.10 Å². The van der Waals surface area contributed by atoms with Gasteiger partial charge in [-0.15, -0.1) is 0 Å². The molecule has 0 radical (unpaired) electrons. The summed E-state index contributed by atoms with van der Waals surface area (Å²) in [4.78, 5) is 31.2. The van der Waals surface area contributed by atoms with Crippen LogP contribution in [0.4, 0.5) is 5.69 Å². The van der Waals surface area contributed by atoms with E-state index in [9.17, 15) is 9.59 Å². The Labute approximate surface area is 178 Å². The van der Waals surface area contributed by atoms with Gasteiger partial charge >= 0.3 is 0 Å². The Morgan fingerprint density at radius 2 is 1.97 bits per heavy atom. The minimum atomic E-state index is -0.718. The molecule has 9 heteroatoms. The van der Waals surface area contributed by atoms with Crippen molar-refractivity contribution in [2.45, 2.75) is 13.0 Å². The molecule has 0 bridgehead atoms. The smallest absolute Gasteiger partial charge is 0.239 e. The predicted molar refractivity (Wildman–Crippen MR) is 112 cm³/mol. The number of halogens is 1. The molecule has 1 aromatic heterocycles. The van der Waals surface area contributed by atoms with Gasteiger partial charge in [0.25, 0.3) is 0 Å². The minimum Gasteiger partial charge on any atom is -0.497 e. The first-order valence-corrected chi connectivity index (χ1v) is 9.83. The number of nitrogens with one attached hydrogen (secondary N) is 2. The first-order chi connectivity index (χ1) is 14.5. The molecule has 0 aliphatic carbocycles. The topological polar surface area (TPSA) is 100 Å². The van der Waals surface area contributed by atoms with Crippen molar-refractivity contribution in [3.63, 3.8) is 0 Å². The van der Waals surface area contributed by atoms with E-state index >= 15 is 0 Å². The van der Waals surface area contributed by atoms with E-state index in [-0.39, 0.29) is 18.4 Å². The van der Waals surface area contributed by atoms with Crippen molar-refractivity contribution in [2.75, 3.05) is 18.6 Å². The molecule has 1 aliphatic heterocycles. The zero-order valence-corrected chi connectivity index (χ0v) is 17.0. The SMILES string of the molecule is COc1ccc(-c2n[nH]c(CNC(=O)C3CCN(c4ccc(Cl)cc4)C3=O)n2)cc1. The molecule has 0 saturated carbocycles. The highest BCUT2D eigenvalue weighted by molar-refractivity contribution is 6.30. The highest BCUT2D eigenvalue weighted by Crippen LogP contribution is 2.26. The van der Waals surface area contributed by atoms with E-state index in [1.165, 1.54) is 0 Å². The number of carbonyl (C=O) groups is 2. The number of carbonyl (C=O) groups excluding carboxylic acids is 2. The number of aromatic amines is 1. The van der Waals surface area contributed by atoms with Crippen molar-refractivity contribution in [1.82, 2.24) is 20.5 Å². The number of H-pyrrole nitrogens is 1. The molecule has 1 aliphatic rings. The molecule has 2 heterocycles. The van der Waals surface area contributed by atoms with Crippen LogP contribution >= 0.6 is 11.6 Å². The largest absolute Gasteiger partial charge is 0.497 e. The molecule has 4 rings (SSSR count). The van der Waals surface area contributed by atoms with E-state index in [1.807, 2.05) is 24.3 Å². The average Bonchev–Trinajstić information content (AvgIpc) is 3.40. The molecule has 154 valence electrons. The summed E-state index contributed by atoms with van der Waals surface area (Å²) < 4.78 is 5.14. The first kappa shape index (κ1) is 19.9. The van der Waals surface area contributed by atoms with E-state index in [0.29, 0.717) is 29.6 Å².